The third-order valence-corrected chi connectivity index (χ3v) is 4.45. The summed E-state index contributed by atoms with van der Waals surface area (Å²) >= 11 is 2.24. The second-order valence-electron chi connectivity index (χ2n) is 5.63. The Balaban J connectivity index is 1.95. The third kappa shape index (κ3) is 5.23. The smallest absolute Gasteiger partial charge is 0.258 e. The van der Waals surface area contributed by atoms with Crippen LogP contribution >= 0.6 is 22.6 Å². The van der Waals surface area contributed by atoms with Crippen LogP contribution in [0.1, 0.15) is 36.1 Å². The highest BCUT2D eigenvalue weighted by Crippen LogP contribution is 2.21. The first-order valence-corrected chi connectivity index (χ1v) is 8.82. The highest BCUT2D eigenvalue weighted by molar-refractivity contribution is 14.1. The van der Waals surface area contributed by atoms with Gasteiger partial charge in [0.1, 0.15) is 5.75 Å². The van der Waals surface area contributed by atoms with E-state index < -0.39 is 0 Å². The Kier molecular flexibility index (Phi) is 6.45. The van der Waals surface area contributed by atoms with E-state index in [-0.39, 0.29) is 18.6 Å². The zero-order valence-corrected chi connectivity index (χ0v) is 15.9. The Bertz CT molecular complexity index is 668. The third-order valence-electron chi connectivity index (χ3n) is 3.73. The molecule has 0 spiro atoms. The number of hydrogen-bond donors (Lipinski definition) is 1. The first-order chi connectivity index (χ1) is 11.0. The van der Waals surface area contributed by atoms with Gasteiger partial charge in [0.05, 0.1) is 6.04 Å². The molecule has 4 heteroatoms. The van der Waals surface area contributed by atoms with Crippen LogP contribution in [-0.4, -0.2) is 12.5 Å². The van der Waals surface area contributed by atoms with Crippen LogP contribution in [0.15, 0.2) is 42.5 Å². The molecule has 2 aromatic rings. The maximum absolute atomic E-state index is 12.2. The van der Waals surface area contributed by atoms with Crippen LogP contribution in [0.5, 0.6) is 5.75 Å². The number of carbonyl (C=O) groups excluding carboxylic acids is 1. The van der Waals surface area contributed by atoms with E-state index >= 15 is 0 Å². The molecule has 1 unspecified atom stereocenters. The number of hydrogen-bond acceptors (Lipinski definition) is 2. The minimum atomic E-state index is -0.102. The summed E-state index contributed by atoms with van der Waals surface area (Å²) in [5.41, 5.74) is 3.60. The number of ether oxygens (including phenoxy) is 1. The molecule has 0 aliphatic carbocycles. The summed E-state index contributed by atoms with van der Waals surface area (Å²) in [6, 6.07) is 14.0. The van der Waals surface area contributed by atoms with Gasteiger partial charge in [0, 0.05) is 3.57 Å². The van der Waals surface area contributed by atoms with Gasteiger partial charge in [0.2, 0.25) is 0 Å². The van der Waals surface area contributed by atoms with Gasteiger partial charge in [0.15, 0.2) is 6.61 Å². The van der Waals surface area contributed by atoms with Crippen molar-refractivity contribution in [2.24, 2.45) is 0 Å². The minimum Gasteiger partial charge on any atom is -0.484 e. The average Bonchev–Trinajstić information content (AvgIpc) is 2.52. The van der Waals surface area contributed by atoms with Crippen molar-refractivity contribution in [1.29, 1.82) is 0 Å². The summed E-state index contributed by atoms with van der Waals surface area (Å²) in [5.74, 6) is 0.607. The average molecular weight is 423 g/mol. The Morgan fingerprint density at radius 2 is 1.87 bits per heavy atom. The van der Waals surface area contributed by atoms with E-state index in [1.165, 1.54) is 16.7 Å². The highest BCUT2D eigenvalue weighted by Gasteiger charge is 2.15. The number of amides is 1. The number of aryl methyl sites for hydroxylation is 2. The first kappa shape index (κ1) is 17.8. The monoisotopic (exact) mass is 423 g/mol. The summed E-state index contributed by atoms with van der Waals surface area (Å²) in [5, 5.41) is 3.06. The molecule has 1 amide bonds. The summed E-state index contributed by atoms with van der Waals surface area (Å²) in [7, 11) is 0. The first-order valence-electron chi connectivity index (χ1n) is 7.74. The zero-order valence-electron chi connectivity index (χ0n) is 13.7. The number of halogens is 1. The number of rotatable bonds is 6. The second-order valence-corrected chi connectivity index (χ2v) is 6.88. The van der Waals surface area contributed by atoms with Gasteiger partial charge in [-0.15, -0.1) is 0 Å². The Hall–Kier alpha value is -1.56. The van der Waals surface area contributed by atoms with Crippen LogP contribution in [0.2, 0.25) is 0 Å². The largest absolute Gasteiger partial charge is 0.484 e. The maximum Gasteiger partial charge on any atom is 0.258 e. The SMILES string of the molecule is CCC(NC(=O)COc1ccc(I)cc1)c1ccc(C)cc1C. The topological polar surface area (TPSA) is 38.3 Å². The molecule has 0 saturated heterocycles. The molecule has 0 aliphatic heterocycles. The van der Waals surface area contributed by atoms with Crippen LogP contribution in [0.25, 0.3) is 0 Å². The maximum atomic E-state index is 12.2. The van der Waals surface area contributed by atoms with Gasteiger partial charge in [-0.25, -0.2) is 0 Å². The fourth-order valence-corrected chi connectivity index (χ4v) is 2.89. The van der Waals surface area contributed by atoms with Crippen molar-refractivity contribution >= 4 is 28.5 Å². The second kappa shape index (κ2) is 8.34. The predicted octanol–water partition coefficient (Wildman–Crippen LogP) is 4.55. The summed E-state index contributed by atoms with van der Waals surface area (Å²) in [6.45, 7) is 6.26. The molecule has 3 nitrogen and oxygen atoms in total. The van der Waals surface area contributed by atoms with E-state index in [9.17, 15) is 4.79 Å². The predicted molar refractivity (Wildman–Crippen MR) is 102 cm³/mol. The molecule has 23 heavy (non-hydrogen) atoms. The zero-order chi connectivity index (χ0) is 16.8. The normalized spacial score (nSPS) is 11.8. The molecule has 2 rings (SSSR count). The molecule has 122 valence electrons. The molecule has 0 radical (unpaired) electrons. The van der Waals surface area contributed by atoms with Crippen LogP contribution in [0, 0.1) is 17.4 Å². The molecule has 1 atom stereocenters. The van der Waals surface area contributed by atoms with Gasteiger partial charge < -0.3 is 10.1 Å². The summed E-state index contributed by atoms with van der Waals surface area (Å²) in [6.07, 6.45) is 0.846. The van der Waals surface area contributed by atoms with E-state index in [1.54, 1.807) is 0 Å². The Morgan fingerprint density at radius 1 is 1.17 bits per heavy atom. The molecular formula is C19H22INO2. The fraction of sp³-hybridized carbons (Fsp3) is 0.316. The van der Waals surface area contributed by atoms with Gasteiger partial charge in [-0.3, -0.25) is 4.79 Å². The highest BCUT2D eigenvalue weighted by atomic mass is 127. The molecule has 0 aliphatic rings. The van der Waals surface area contributed by atoms with E-state index in [2.05, 4.69) is 66.9 Å². The lowest BCUT2D eigenvalue weighted by atomic mass is 9.97. The van der Waals surface area contributed by atoms with Crippen molar-refractivity contribution in [1.82, 2.24) is 5.32 Å². The van der Waals surface area contributed by atoms with Crippen molar-refractivity contribution < 1.29 is 9.53 Å². The quantitative estimate of drug-likeness (QED) is 0.693. The summed E-state index contributed by atoms with van der Waals surface area (Å²) < 4.78 is 6.68. The lowest BCUT2D eigenvalue weighted by Crippen LogP contribution is -2.32. The van der Waals surface area contributed by atoms with Gasteiger partial charge >= 0.3 is 0 Å². The Morgan fingerprint density at radius 3 is 2.48 bits per heavy atom. The number of benzene rings is 2. The van der Waals surface area contributed by atoms with E-state index in [0.29, 0.717) is 5.75 Å². The standard InChI is InChI=1S/C19H22INO2/c1-4-18(17-10-5-13(2)11-14(17)3)21-19(22)12-23-16-8-6-15(20)7-9-16/h5-11,18H,4,12H2,1-3H3,(H,21,22). The molecule has 0 heterocycles. The molecule has 0 aromatic heterocycles. The van der Waals surface area contributed by atoms with E-state index in [1.807, 2.05) is 24.3 Å². The molecule has 0 bridgehead atoms. The molecule has 2 aromatic carbocycles. The van der Waals surface area contributed by atoms with Gasteiger partial charge in [0.25, 0.3) is 5.91 Å². The van der Waals surface area contributed by atoms with Crippen molar-refractivity contribution in [2.75, 3.05) is 6.61 Å². The fourth-order valence-electron chi connectivity index (χ4n) is 2.53. The van der Waals surface area contributed by atoms with Crippen molar-refractivity contribution in [3.8, 4) is 5.75 Å². The van der Waals surface area contributed by atoms with Gasteiger partial charge in [-0.2, -0.15) is 0 Å². The number of nitrogens with one attached hydrogen (secondary N) is 1. The van der Waals surface area contributed by atoms with Crippen molar-refractivity contribution in [3.05, 3.63) is 62.7 Å². The molecule has 0 fully saturated rings. The van der Waals surface area contributed by atoms with Crippen LogP contribution < -0.4 is 10.1 Å². The van der Waals surface area contributed by atoms with Gasteiger partial charge in [-0.1, -0.05) is 30.7 Å². The molecule has 0 saturated carbocycles. The van der Waals surface area contributed by atoms with Crippen LogP contribution in [0.3, 0.4) is 0 Å². The summed E-state index contributed by atoms with van der Waals surface area (Å²) in [4.78, 5) is 12.2. The van der Waals surface area contributed by atoms with Crippen LogP contribution in [-0.2, 0) is 4.79 Å². The minimum absolute atomic E-state index is 0.0171. The van der Waals surface area contributed by atoms with Crippen molar-refractivity contribution in [2.45, 2.75) is 33.2 Å². The van der Waals surface area contributed by atoms with E-state index in [4.69, 9.17) is 4.74 Å². The van der Waals surface area contributed by atoms with Gasteiger partial charge in [-0.05, 0) is 78.3 Å². The number of carbonyl (C=O) groups is 1. The van der Waals surface area contributed by atoms with Crippen LogP contribution in [0.4, 0.5) is 0 Å². The lowest BCUT2D eigenvalue weighted by Gasteiger charge is -2.20. The molecule has 1 N–H and O–H groups in total. The lowest BCUT2D eigenvalue weighted by molar-refractivity contribution is -0.123. The Labute approximate surface area is 151 Å². The van der Waals surface area contributed by atoms with E-state index in [0.717, 1.165) is 9.99 Å². The molecular weight excluding hydrogens is 401 g/mol. The van der Waals surface area contributed by atoms with Crippen molar-refractivity contribution in [3.63, 3.8) is 0 Å².